The van der Waals surface area contributed by atoms with Gasteiger partial charge in [-0.25, -0.2) is 12.8 Å². The standard InChI is InChI=1S/C13H11BrFNO3S/c14-8-9-1-4-11(5-2-9)20(18,19)16-10-3-6-13(17)12(15)7-10/h1-7,16-17H,8H2. The van der Waals surface area contributed by atoms with Crippen LogP contribution in [-0.4, -0.2) is 13.5 Å². The molecule has 2 aromatic rings. The Labute approximate surface area is 124 Å². The Bertz CT molecular complexity index is 717. The van der Waals surface area contributed by atoms with Crippen molar-refractivity contribution in [1.82, 2.24) is 0 Å². The lowest BCUT2D eigenvalue weighted by atomic mass is 10.2. The fourth-order valence-electron chi connectivity index (χ4n) is 1.54. The molecule has 0 bridgehead atoms. The molecule has 0 fully saturated rings. The highest BCUT2D eigenvalue weighted by Gasteiger charge is 2.14. The van der Waals surface area contributed by atoms with E-state index in [9.17, 15) is 12.8 Å². The smallest absolute Gasteiger partial charge is 0.261 e. The molecule has 0 radical (unpaired) electrons. The van der Waals surface area contributed by atoms with Crippen molar-refractivity contribution in [2.24, 2.45) is 0 Å². The van der Waals surface area contributed by atoms with Crippen molar-refractivity contribution in [3.8, 4) is 5.75 Å². The summed E-state index contributed by atoms with van der Waals surface area (Å²) in [7, 11) is -3.78. The Morgan fingerprint density at radius 2 is 1.80 bits per heavy atom. The molecule has 0 saturated carbocycles. The summed E-state index contributed by atoms with van der Waals surface area (Å²) in [4.78, 5) is 0.0793. The summed E-state index contributed by atoms with van der Waals surface area (Å²) >= 11 is 3.27. The normalized spacial score (nSPS) is 11.3. The highest BCUT2D eigenvalue weighted by atomic mass is 79.9. The highest BCUT2D eigenvalue weighted by molar-refractivity contribution is 9.08. The molecular formula is C13H11BrFNO3S. The maximum atomic E-state index is 13.2. The first-order valence-electron chi connectivity index (χ1n) is 5.58. The molecule has 7 heteroatoms. The van der Waals surface area contributed by atoms with Crippen LogP contribution in [0, 0.1) is 5.82 Å². The van der Waals surface area contributed by atoms with Crippen LogP contribution in [0.2, 0.25) is 0 Å². The largest absolute Gasteiger partial charge is 0.505 e. The third-order valence-corrected chi connectivity index (χ3v) is 4.63. The van der Waals surface area contributed by atoms with Crippen molar-refractivity contribution in [3.05, 3.63) is 53.8 Å². The van der Waals surface area contributed by atoms with Gasteiger partial charge in [-0.1, -0.05) is 28.1 Å². The minimum Gasteiger partial charge on any atom is -0.505 e. The van der Waals surface area contributed by atoms with Crippen LogP contribution in [0.3, 0.4) is 0 Å². The van der Waals surface area contributed by atoms with E-state index in [4.69, 9.17) is 5.11 Å². The number of hydrogen-bond donors (Lipinski definition) is 2. The van der Waals surface area contributed by atoms with Gasteiger partial charge in [-0.2, -0.15) is 0 Å². The second-order valence-electron chi connectivity index (χ2n) is 4.05. The molecule has 0 aliphatic rings. The number of alkyl halides is 1. The number of aromatic hydroxyl groups is 1. The van der Waals surface area contributed by atoms with Gasteiger partial charge in [0.15, 0.2) is 11.6 Å². The molecule has 0 unspecified atom stereocenters. The van der Waals surface area contributed by atoms with E-state index in [-0.39, 0.29) is 10.6 Å². The maximum absolute atomic E-state index is 13.2. The summed E-state index contributed by atoms with van der Waals surface area (Å²) in [6.45, 7) is 0. The van der Waals surface area contributed by atoms with Gasteiger partial charge in [0.25, 0.3) is 10.0 Å². The van der Waals surface area contributed by atoms with Crippen LogP contribution in [0.1, 0.15) is 5.56 Å². The van der Waals surface area contributed by atoms with Gasteiger partial charge >= 0.3 is 0 Å². The minimum absolute atomic E-state index is 0.0462. The van der Waals surface area contributed by atoms with Crippen LogP contribution in [-0.2, 0) is 15.4 Å². The monoisotopic (exact) mass is 359 g/mol. The quantitative estimate of drug-likeness (QED) is 0.650. The Balaban J connectivity index is 2.27. The van der Waals surface area contributed by atoms with Crippen molar-refractivity contribution < 1.29 is 17.9 Å². The predicted molar refractivity (Wildman–Crippen MR) is 77.9 cm³/mol. The van der Waals surface area contributed by atoms with E-state index in [1.165, 1.54) is 18.2 Å². The minimum atomic E-state index is -3.78. The van der Waals surface area contributed by atoms with Crippen LogP contribution in [0.4, 0.5) is 10.1 Å². The SMILES string of the molecule is O=S(=O)(Nc1ccc(O)c(F)c1)c1ccc(CBr)cc1. The molecule has 0 heterocycles. The Morgan fingerprint density at radius 3 is 2.35 bits per heavy atom. The van der Waals surface area contributed by atoms with Crippen LogP contribution in [0.25, 0.3) is 0 Å². The summed E-state index contributed by atoms with van der Waals surface area (Å²) in [5.41, 5.74) is 0.990. The first kappa shape index (κ1) is 14.8. The molecule has 0 saturated heterocycles. The topological polar surface area (TPSA) is 66.4 Å². The Morgan fingerprint density at radius 1 is 1.15 bits per heavy atom. The molecule has 2 rings (SSSR count). The lowest BCUT2D eigenvalue weighted by molar-refractivity contribution is 0.432. The van der Waals surface area contributed by atoms with Crippen molar-refractivity contribution in [2.45, 2.75) is 10.2 Å². The average molecular weight is 360 g/mol. The van der Waals surface area contributed by atoms with Gasteiger partial charge in [0.2, 0.25) is 0 Å². The van der Waals surface area contributed by atoms with Crippen molar-refractivity contribution in [1.29, 1.82) is 0 Å². The molecule has 0 spiro atoms. The number of phenols is 1. The third kappa shape index (κ3) is 3.29. The number of sulfonamides is 1. The van der Waals surface area contributed by atoms with E-state index < -0.39 is 21.6 Å². The lowest BCUT2D eigenvalue weighted by Gasteiger charge is -2.09. The first-order chi connectivity index (χ1) is 9.42. The van der Waals surface area contributed by atoms with Gasteiger partial charge in [0, 0.05) is 11.4 Å². The van der Waals surface area contributed by atoms with Crippen LogP contribution < -0.4 is 4.72 Å². The summed E-state index contributed by atoms with van der Waals surface area (Å²) in [6, 6.07) is 9.58. The van der Waals surface area contributed by atoms with Gasteiger partial charge in [-0.3, -0.25) is 4.72 Å². The van der Waals surface area contributed by atoms with Gasteiger partial charge in [0.1, 0.15) is 0 Å². The highest BCUT2D eigenvalue weighted by Crippen LogP contribution is 2.22. The van der Waals surface area contributed by atoms with E-state index in [1.54, 1.807) is 12.1 Å². The zero-order valence-corrected chi connectivity index (χ0v) is 12.6. The molecule has 4 nitrogen and oxygen atoms in total. The maximum Gasteiger partial charge on any atom is 0.261 e. The summed E-state index contributed by atoms with van der Waals surface area (Å²) in [5.74, 6) is -1.42. The number of halogens is 2. The van der Waals surface area contributed by atoms with Crippen LogP contribution in [0.5, 0.6) is 5.75 Å². The summed E-state index contributed by atoms with van der Waals surface area (Å²) in [6.07, 6.45) is 0. The third-order valence-electron chi connectivity index (χ3n) is 2.59. The number of anilines is 1. The molecule has 20 heavy (non-hydrogen) atoms. The fraction of sp³-hybridized carbons (Fsp3) is 0.0769. The van der Waals surface area contributed by atoms with Crippen molar-refractivity contribution in [3.63, 3.8) is 0 Å². The molecule has 0 amide bonds. The average Bonchev–Trinajstić information content (AvgIpc) is 2.43. The van der Waals surface area contributed by atoms with Crippen LogP contribution >= 0.6 is 15.9 Å². The predicted octanol–water partition coefficient (Wildman–Crippen LogP) is 3.23. The van der Waals surface area contributed by atoms with Gasteiger partial charge in [-0.15, -0.1) is 0 Å². The Hall–Kier alpha value is -1.60. The number of nitrogens with one attached hydrogen (secondary N) is 1. The van der Waals surface area contributed by atoms with E-state index in [1.807, 2.05) is 0 Å². The molecule has 2 aromatic carbocycles. The van der Waals surface area contributed by atoms with E-state index >= 15 is 0 Å². The van der Waals surface area contributed by atoms with E-state index in [0.717, 1.165) is 17.7 Å². The van der Waals surface area contributed by atoms with E-state index in [0.29, 0.717) is 5.33 Å². The van der Waals surface area contributed by atoms with Crippen LogP contribution in [0.15, 0.2) is 47.4 Å². The molecule has 0 aromatic heterocycles. The van der Waals surface area contributed by atoms with Crippen molar-refractivity contribution in [2.75, 3.05) is 4.72 Å². The van der Waals surface area contributed by atoms with Gasteiger partial charge < -0.3 is 5.11 Å². The number of benzene rings is 2. The molecule has 0 aliphatic heterocycles. The van der Waals surface area contributed by atoms with E-state index in [2.05, 4.69) is 20.7 Å². The first-order valence-corrected chi connectivity index (χ1v) is 8.19. The number of phenolic OH excluding ortho intramolecular Hbond substituents is 1. The zero-order valence-electron chi connectivity index (χ0n) is 10.2. The molecular weight excluding hydrogens is 349 g/mol. The number of hydrogen-bond acceptors (Lipinski definition) is 3. The molecule has 106 valence electrons. The zero-order chi connectivity index (χ0) is 14.8. The van der Waals surface area contributed by atoms with Gasteiger partial charge in [-0.05, 0) is 29.8 Å². The molecule has 0 atom stereocenters. The Kier molecular flexibility index (Phi) is 4.29. The van der Waals surface area contributed by atoms with Crippen molar-refractivity contribution >= 4 is 31.6 Å². The molecule has 0 aliphatic carbocycles. The summed E-state index contributed by atoms with van der Waals surface area (Å²) < 4.78 is 39.6. The molecule has 2 N–H and O–H groups in total. The van der Waals surface area contributed by atoms with Gasteiger partial charge in [0.05, 0.1) is 10.6 Å². The lowest BCUT2D eigenvalue weighted by Crippen LogP contribution is -2.13. The number of rotatable bonds is 4. The summed E-state index contributed by atoms with van der Waals surface area (Å²) in [5, 5.41) is 9.69. The second kappa shape index (κ2) is 5.80. The second-order valence-corrected chi connectivity index (χ2v) is 6.29. The fourth-order valence-corrected chi connectivity index (χ4v) is 2.97.